The number of amides is 1. The molecule has 1 aliphatic rings. The predicted molar refractivity (Wildman–Crippen MR) is 82.6 cm³/mol. The van der Waals surface area contributed by atoms with Gasteiger partial charge in [0.05, 0.1) is 12.2 Å². The SMILES string of the molecule is CCOc1ccc(C(=O)NCC(C)CN2CCCC2)cn1. The van der Waals surface area contributed by atoms with Crippen molar-refractivity contribution >= 4 is 5.91 Å². The van der Waals surface area contributed by atoms with Crippen LogP contribution in [0.2, 0.25) is 0 Å². The Bertz CT molecular complexity index is 441. The summed E-state index contributed by atoms with van der Waals surface area (Å²) in [5.41, 5.74) is 0.576. The Kier molecular flexibility index (Phi) is 5.99. The van der Waals surface area contributed by atoms with Gasteiger partial charge in [-0.2, -0.15) is 0 Å². The topological polar surface area (TPSA) is 54.5 Å². The molecule has 0 aromatic carbocycles. The Hall–Kier alpha value is -1.62. The third kappa shape index (κ3) is 5.01. The van der Waals surface area contributed by atoms with E-state index < -0.39 is 0 Å². The van der Waals surface area contributed by atoms with Gasteiger partial charge in [0.25, 0.3) is 5.91 Å². The second-order valence-electron chi connectivity index (χ2n) is 5.64. The number of hydrogen-bond acceptors (Lipinski definition) is 4. The minimum Gasteiger partial charge on any atom is -0.478 e. The zero-order valence-electron chi connectivity index (χ0n) is 13.0. The number of nitrogens with zero attached hydrogens (tertiary/aromatic N) is 2. The number of hydrogen-bond donors (Lipinski definition) is 1. The van der Waals surface area contributed by atoms with Crippen LogP contribution < -0.4 is 10.1 Å². The van der Waals surface area contributed by atoms with E-state index in [1.54, 1.807) is 18.3 Å². The van der Waals surface area contributed by atoms with E-state index in [1.165, 1.54) is 25.9 Å². The molecule has 2 rings (SSSR count). The summed E-state index contributed by atoms with van der Waals surface area (Å²) in [6.45, 7) is 8.80. The number of nitrogens with one attached hydrogen (secondary N) is 1. The highest BCUT2D eigenvalue weighted by atomic mass is 16.5. The summed E-state index contributed by atoms with van der Waals surface area (Å²) in [6.07, 6.45) is 4.17. The van der Waals surface area contributed by atoms with Gasteiger partial charge in [-0.05, 0) is 44.8 Å². The van der Waals surface area contributed by atoms with Crippen molar-refractivity contribution in [2.75, 3.05) is 32.8 Å². The number of aromatic nitrogens is 1. The maximum atomic E-state index is 12.0. The molecule has 1 fully saturated rings. The Balaban J connectivity index is 1.75. The van der Waals surface area contributed by atoms with Crippen LogP contribution in [0.25, 0.3) is 0 Å². The zero-order valence-corrected chi connectivity index (χ0v) is 13.0. The summed E-state index contributed by atoms with van der Waals surface area (Å²) in [5.74, 6) is 0.943. The second kappa shape index (κ2) is 7.98. The molecule has 1 amide bonds. The van der Waals surface area contributed by atoms with Gasteiger partial charge in [0.1, 0.15) is 0 Å². The summed E-state index contributed by atoms with van der Waals surface area (Å²) in [5, 5.41) is 2.98. The Morgan fingerprint density at radius 2 is 2.19 bits per heavy atom. The van der Waals surface area contributed by atoms with Crippen LogP contribution in [0.4, 0.5) is 0 Å². The molecule has 5 nitrogen and oxygen atoms in total. The van der Waals surface area contributed by atoms with Gasteiger partial charge in [0.15, 0.2) is 0 Å². The molecule has 1 aromatic heterocycles. The smallest absolute Gasteiger partial charge is 0.252 e. The first-order valence-corrected chi connectivity index (χ1v) is 7.78. The van der Waals surface area contributed by atoms with Gasteiger partial charge in [-0.1, -0.05) is 6.92 Å². The summed E-state index contributed by atoms with van der Waals surface area (Å²) in [6, 6.07) is 3.48. The minimum atomic E-state index is -0.0705. The van der Waals surface area contributed by atoms with Gasteiger partial charge < -0.3 is 15.0 Å². The molecule has 0 saturated carbocycles. The van der Waals surface area contributed by atoms with E-state index in [9.17, 15) is 4.79 Å². The Labute approximate surface area is 126 Å². The van der Waals surface area contributed by atoms with Crippen molar-refractivity contribution in [1.29, 1.82) is 0 Å². The zero-order chi connectivity index (χ0) is 15.1. The number of likely N-dealkylation sites (tertiary alicyclic amines) is 1. The standard InChI is InChI=1S/C16H25N3O2/c1-3-21-15-7-6-14(11-17-15)16(20)18-10-13(2)12-19-8-4-5-9-19/h6-7,11,13H,3-5,8-10,12H2,1-2H3,(H,18,20). The highest BCUT2D eigenvalue weighted by molar-refractivity contribution is 5.93. The molecule has 0 aliphatic carbocycles. The maximum Gasteiger partial charge on any atom is 0.252 e. The molecule has 0 radical (unpaired) electrons. The van der Waals surface area contributed by atoms with E-state index in [0.29, 0.717) is 30.5 Å². The lowest BCUT2D eigenvalue weighted by molar-refractivity contribution is 0.0944. The van der Waals surface area contributed by atoms with Crippen molar-refractivity contribution in [3.8, 4) is 5.88 Å². The van der Waals surface area contributed by atoms with Crippen LogP contribution in [-0.4, -0.2) is 48.6 Å². The van der Waals surface area contributed by atoms with Crippen LogP contribution in [0, 0.1) is 5.92 Å². The van der Waals surface area contributed by atoms with E-state index in [2.05, 4.69) is 22.1 Å². The molecule has 0 bridgehead atoms. The lowest BCUT2D eigenvalue weighted by Gasteiger charge is -2.20. The van der Waals surface area contributed by atoms with Crippen LogP contribution in [0.3, 0.4) is 0 Å². The molecule has 116 valence electrons. The van der Waals surface area contributed by atoms with Crippen molar-refractivity contribution in [2.24, 2.45) is 5.92 Å². The maximum absolute atomic E-state index is 12.0. The molecule has 0 spiro atoms. The molecule has 1 aliphatic heterocycles. The number of pyridine rings is 1. The number of rotatable bonds is 7. The third-order valence-corrected chi connectivity index (χ3v) is 3.67. The van der Waals surface area contributed by atoms with Gasteiger partial charge >= 0.3 is 0 Å². The monoisotopic (exact) mass is 291 g/mol. The molecular weight excluding hydrogens is 266 g/mol. The van der Waals surface area contributed by atoms with E-state index in [1.807, 2.05) is 6.92 Å². The Morgan fingerprint density at radius 1 is 1.43 bits per heavy atom. The van der Waals surface area contributed by atoms with Gasteiger partial charge in [-0.15, -0.1) is 0 Å². The van der Waals surface area contributed by atoms with Gasteiger partial charge in [-0.3, -0.25) is 4.79 Å². The van der Waals surface area contributed by atoms with E-state index in [0.717, 1.165) is 6.54 Å². The van der Waals surface area contributed by atoms with Crippen molar-refractivity contribution in [1.82, 2.24) is 15.2 Å². The van der Waals surface area contributed by atoms with Crippen molar-refractivity contribution in [2.45, 2.75) is 26.7 Å². The van der Waals surface area contributed by atoms with Crippen LogP contribution in [0.15, 0.2) is 18.3 Å². The lowest BCUT2D eigenvalue weighted by Crippen LogP contribution is -2.34. The average Bonchev–Trinajstić information content (AvgIpc) is 2.99. The summed E-state index contributed by atoms with van der Waals surface area (Å²) in [4.78, 5) is 18.6. The average molecular weight is 291 g/mol. The van der Waals surface area contributed by atoms with Crippen LogP contribution >= 0.6 is 0 Å². The quantitative estimate of drug-likeness (QED) is 0.834. The summed E-state index contributed by atoms with van der Waals surface area (Å²) < 4.78 is 5.26. The fraction of sp³-hybridized carbons (Fsp3) is 0.625. The molecule has 2 heterocycles. The summed E-state index contributed by atoms with van der Waals surface area (Å²) >= 11 is 0. The van der Waals surface area contributed by atoms with E-state index in [4.69, 9.17) is 4.74 Å². The molecule has 1 saturated heterocycles. The molecule has 1 N–H and O–H groups in total. The number of ether oxygens (including phenoxy) is 1. The number of carbonyl (C=O) groups is 1. The van der Waals surface area contributed by atoms with Gasteiger partial charge in [0.2, 0.25) is 5.88 Å². The van der Waals surface area contributed by atoms with Crippen LogP contribution in [0.5, 0.6) is 5.88 Å². The highest BCUT2D eigenvalue weighted by Crippen LogP contribution is 2.10. The largest absolute Gasteiger partial charge is 0.478 e. The van der Waals surface area contributed by atoms with Crippen molar-refractivity contribution in [3.05, 3.63) is 23.9 Å². The molecule has 5 heteroatoms. The highest BCUT2D eigenvalue weighted by Gasteiger charge is 2.15. The van der Waals surface area contributed by atoms with Crippen LogP contribution in [0.1, 0.15) is 37.0 Å². The second-order valence-corrected chi connectivity index (χ2v) is 5.64. The van der Waals surface area contributed by atoms with E-state index >= 15 is 0 Å². The molecule has 1 aromatic rings. The lowest BCUT2D eigenvalue weighted by atomic mass is 10.1. The number of carbonyl (C=O) groups excluding carboxylic acids is 1. The molecule has 1 unspecified atom stereocenters. The van der Waals surface area contributed by atoms with Crippen molar-refractivity contribution in [3.63, 3.8) is 0 Å². The summed E-state index contributed by atoms with van der Waals surface area (Å²) in [7, 11) is 0. The van der Waals surface area contributed by atoms with Crippen molar-refractivity contribution < 1.29 is 9.53 Å². The first-order valence-electron chi connectivity index (χ1n) is 7.78. The van der Waals surface area contributed by atoms with Gasteiger partial charge in [0, 0.05) is 25.4 Å². The normalized spacial score (nSPS) is 16.7. The van der Waals surface area contributed by atoms with Gasteiger partial charge in [-0.25, -0.2) is 4.98 Å². The first kappa shape index (κ1) is 15.8. The molecule has 21 heavy (non-hydrogen) atoms. The minimum absolute atomic E-state index is 0.0705. The van der Waals surface area contributed by atoms with Crippen LogP contribution in [-0.2, 0) is 0 Å². The fourth-order valence-electron chi connectivity index (χ4n) is 2.59. The van der Waals surface area contributed by atoms with E-state index in [-0.39, 0.29) is 5.91 Å². The first-order chi connectivity index (χ1) is 10.2. The Morgan fingerprint density at radius 3 is 2.81 bits per heavy atom. The third-order valence-electron chi connectivity index (χ3n) is 3.67. The molecule has 1 atom stereocenters. The fourth-order valence-corrected chi connectivity index (χ4v) is 2.59. The molecular formula is C16H25N3O2. The predicted octanol–water partition coefficient (Wildman–Crippen LogP) is 1.94.